The van der Waals surface area contributed by atoms with Crippen LogP contribution in [0.2, 0.25) is 0 Å². The van der Waals surface area contributed by atoms with Gasteiger partial charge in [-0.15, -0.1) is 0 Å². The number of aromatic nitrogens is 3. The molecule has 5 heterocycles. The highest BCUT2D eigenvalue weighted by Crippen LogP contribution is 2.30. The Hall–Kier alpha value is -6.85. The normalized spacial score (nSPS) is 16.7. The van der Waals surface area contributed by atoms with Crippen molar-refractivity contribution in [1.29, 1.82) is 0 Å². The third kappa shape index (κ3) is 15.9. The van der Waals surface area contributed by atoms with Crippen molar-refractivity contribution in [2.75, 3.05) is 77.5 Å². The molecule has 1 saturated carbocycles. The van der Waals surface area contributed by atoms with Crippen LogP contribution in [0, 0.1) is 5.92 Å². The summed E-state index contributed by atoms with van der Waals surface area (Å²) in [5.74, 6) is 1.12. The number of unbranched alkanes of at least 4 members (excludes halogenated alkanes) is 4. The fourth-order valence-electron chi connectivity index (χ4n) is 11.1. The summed E-state index contributed by atoms with van der Waals surface area (Å²) in [5, 5.41) is 12.6. The molecule has 2 aliphatic heterocycles. The van der Waals surface area contributed by atoms with Gasteiger partial charge in [0.1, 0.15) is 23.2 Å². The number of fused-ring (bicyclic) bond motifs is 1. The van der Waals surface area contributed by atoms with Crippen LogP contribution in [-0.2, 0) is 29.1 Å². The molecule has 2 atom stereocenters. The van der Waals surface area contributed by atoms with Crippen LogP contribution in [-0.4, -0.2) is 127 Å². The first kappa shape index (κ1) is 56.4. The number of piperidine rings is 1. The lowest BCUT2D eigenvalue weighted by molar-refractivity contribution is -0.131. The van der Waals surface area contributed by atoms with Crippen LogP contribution in [0.5, 0.6) is 11.5 Å². The molecule has 8 rings (SSSR count). The number of amides is 4. The molecule has 3 fully saturated rings. The molecule has 0 radical (unpaired) electrons. The Morgan fingerprint density at radius 3 is 2.32 bits per heavy atom. The number of aryl methyl sites for hydroxylation is 1. The number of hydrogen-bond acceptors (Lipinski definition) is 12. The maximum absolute atomic E-state index is 13.9. The minimum absolute atomic E-state index is 0.0389. The van der Waals surface area contributed by atoms with Gasteiger partial charge in [-0.2, -0.15) is 0 Å². The van der Waals surface area contributed by atoms with E-state index in [1.807, 2.05) is 85.6 Å². The van der Waals surface area contributed by atoms with Crippen molar-refractivity contribution >= 4 is 40.3 Å². The Kier molecular flexibility index (Phi) is 20.9. The van der Waals surface area contributed by atoms with Gasteiger partial charge in [-0.25, -0.2) is 4.98 Å². The van der Waals surface area contributed by atoms with Crippen LogP contribution in [0.4, 0.5) is 5.69 Å². The van der Waals surface area contributed by atoms with E-state index in [1.165, 1.54) is 0 Å². The van der Waals surface area contributed by atoms with E-state index in [4.69, 9.17) is 9.47 Å². The van der Waals surface area contributed by atoms with Gasteiger partial charge in [0.05, 0.1) is 43.2 Å². The van der Waals surface area contributed by atoms with Gasteiger partial charge in [-0.3, -0.25) is 33.9 Å². The number of nitrogens with zero attached hydrogens (tertiary/aromatic N) is 5. The average Bonchev–Trinajstić information content (AvgIpc) is 3.47. The second kappa shape index (κ2) is 28.5. The van der Waals surface area contributed by atoms with Gasteiger partial charge in [0.2, 0.25) is 11.8 Å². The zero-order chi connectivity index (χ0) is 53.9. The lowest BCUT2D eigenvalue weighted by Crippen LogP contribution is -2.51. The molecular weight excluding hydrogens is 973 g/mol. The second-order valence-electron chi connectivity index (χ2n) is 20.9. The maximum Gasteiger partial charge on any atom is 0.269 e. The molecule has 3 aliphatic rings. The number of methoxy groups -OCH3 is 1. The Morgan fingerprint density at radius 1 is 0.779 bits per heavy atom. The third-order valence-electron chi connectivity index (χ3n) is 15.5. The zero-order valence-electron chi connectivity index (χ0n) is 45.5. The van der Waals surface area contributed by atoms with E-state index in [-0.39, 0.29) is 47.6 Å². The number of pyridine rings is 3. The van der Waals surface area contributed by atoms with Crippen molar-refractivity contribution in [2.24, 2.45) is 5.92 Å². The predicted octanol–water partition coefficient (Wildman–Crippen LogP) is 7.28. The van der Waals surface area contributed by atoms with E-state index >= 15 is 0 Å². The summed E-state index contributed by atoms with van der Waals surface area (Å²) >= 11 is 0. The van der Waals surface area contributed by atoms with Gasteiger partial charge in [-0.05, 0) is 111 Å². The standard InChI is InChI=1S/C60H80N10O7/c1-4-43-34-52-53(66-57(43)72)32-42(36-64-52)40-68-28-30-69(31-29-68)49-22-24-51(65-38-49)59(74)62-25-12-7-6-8-13-26-63-60(75)56(44-16-10-9-11-17-44)67-58(73)46-19-14-18-45(33-46)48-20-15-27-70(41-48)55(71)39-61-37-47-21-23-50(76-3)35-54(47)77-5-2/h14,18-19,21-24,32-36,38,44,48,56,61H,4-13,15-17,20,25-31,37,39-41H2,1-3H3,(H,62,74)(H,63,75)(H,66,72)(H,67,73)/t48?,56-/m1/s1. The zero-order valence-corrected chi connectivity index (χ0v) is 45.5. The maximum atomic E-state index is 13.9. The lowest BCUT2D eigenvalue weighted by atomic mass is 9.83. The monoisotopic (exact) mass is 1050 g/mol. The van der Waals surface area contributed by atoms with Crippen LogP contribution in [0.25, 0.3) is 11.0 Å². The first-order valence-corrected chi connectivity index (χ1v) is 28.3. The molecule has 5 N–H and O–H groups in total. The molecular formula is C60H80N10O7. The molecule has 1 unspecified atom stereocenters. The topological polar surface area (TPSA) is 203 Å². The van der Waals surface area contributed by atoms with Gasteiger partial charge in [-0.1, -0.05) is 63.6 Å². The number of carbonyl (C=O) groups excluding carboxylic acids is 4. The number of benzene rings is 2. The molecule has 412 valence electrons. The molecule has 0 spiro atoms. The number of anilines is 1. The van der Waals surface area contributed by atoms with E-state index in [0.717, 1.165) is 160 Å². The van der Waals surface area contributed by atoms with Crippen molar-refractivity contribution in [3.63, 3.8) is 0 Å². The third-order valence-corrected chi connectivity index (χ3v) is 15.5. The van der Waals surface area contributed by atoms with Gasteiger partial charge in [0.25, 0.3) is 17.4 Å². The molecule has 3 aromatic heterocycles. The van der Waals surface area contributed by atoms with E-state index < -0.39 is 6.04 Å². The van der Waals surface area contributed by atoms with Crippen molar-refractivity contribution in [1.82, 2.24) is 46.0 Å². The van der Waals surface area contributed by atoms with Crippen LogP contribution in [0.3, 0.4) is 0 Å². The highest BCUT2D eigenvalue weighted by molar-refractivity contribution is 5.98. The summed E-state index contributed by atoms with van der Waals surface area (Å²) in [6, 6.07) is 20.4. The Morgan fingerprint density at radius 2 is 1.57 bits per heavy atom. The van der Waals surface area contributed by atoms with Gasteiger partial charge >= 0.3 is 0 Å². The molecule has 17 heteroatoms. The number of hydrogen-bond donors (Lipinski definition) is 5. The Balaban J connectivity index is 0.711. The van der Waals surface area contributed by atoms with Crippen molar-refractivity contribution in [2.45, 2.75) is 122 Å². The van der Waals surface area contributed by atoms with E-state index in [0.29, 0.717) is 57.0 Å². The molecule has 2 aromatic carbocycles. The first-order chi connectivity index (χ1) is 37.6. The van der Waals surface area contributed by atoms with Gasteiger partial charge in [0, 0.05) is 100 Å². The number of ether oxygens (including phenoxy) is 2. The minimum atomic E-state index is -0.606. The van der Waals surface area contributed by atoms with Crippen LogP contribution >= 0.6 is 0 Å². The smallest absolute Gasteiger partial charge is 0.269 e. The Labute approximate surface area is 453 Å². The van der Waals surface area contributed by atoms with Crippen LogP contribution in [0.1, 0.15) is 140 Å². The Bertz CT molecular complexity index is 2810. The van der Waals surface area contributed by atoms with Crippen molar-refractivity contribution in [3.8, 4) is 11.5 Å². The fraction of sp³-hybridized carbons (Fsp3) is 0.517. The number of piperazine rings is 1. The molecule has 2 saturated heterocycles. The van der Waals surface area contributed by atoms with Gasteiger partial charge in [0.15, 0.2) is 0 Å². The summed E-state index contributed by atoms with van der Waals surface area (Å²) in [7, 11) is 1.62. The second-order valence-corrected chi connectivity index (χ2v) is 20.9. The van der Waals surface area contributed by atoms with E-state index in [2.05, 4.69) is 46.0 Å². The van der Waals surface area contributed by atoms with E-state index in [1.54, 1.807) is 19.4 Å². The lowest BCUT2D eigenvalue weighted by Gasteiger charge is -2.36. The first-order valence-electron chi connectivity index (χ1n) is 28.3. The molecule has 0 bridgehead atoms. The molecule has 77 heavy (non-hydrogen) atoms. The molecule has 17 nitrogen and oxygen atoms in total. The highest BCUT2D eigenvalue weighted by atomic mass is 16.5. The molecule has 1 aliphatic carbocycles. The number of nitrogens with one attached hydrogen (secondary N) is 5. The predicted molar refractivity (Wildman–Crippen MR) is 301 cm³/mol. The number of rotatable bonds is 25. The minimum Gasteiger partial charge on any atom is -0.497 e. The summed E-state index contributed by atoms with van der Waals surface area (Å²) in [6.45, 7) is 11.7. The average molecular weight is 1050 g/mol. The summed E-state index contributed by atoms with van der Waals surface area (Å²) in [6.07, 6.45) is 15.7. The van der Waals surface area contributed by atoms with E-state index in [9.17, 15) is 24.0 Å². The molecule has 4 amide bonds. The SMILES string of the molecule is CCOc1cc(OC)ccc1CNCC(=O)N1CCCC(c2cccc(C(=O)N[C@@H](C(=O)NCCCCCCCNC(=O)c3ccc(N4CCN(Cc5cnc6cc(CC)c(=O)[nH]c6c5)CC4)cn3)C3CCCCC3)c2)C1. The van der Waals surface area contributed by atoms with Crippen LogP contribution < -0.4 is 41.2 Å². The van der Waals surface area contributed by atoms with Crippen molar-refractivity contribution < 1.29 is 28.7 Å². The summed E-state index contributed by atoms with van der Waals surface area (Å²) in [4.78, 5) is 85.0. The largest absolute Gasteiger partial charge is 0.497 e. The summed E-state index contributed by atoms with van der Waals surface area (Å²) < 4.78 is 11.2. The molecule has 5 aromatic rings. The number of H-pyrrole nitrogens is 1. The number of carbonyl (C=O) groups is 4. The summed E-state index contributed by atoms with van der Waals surface area (Å²) in [5.41, 5.74) is 7.23. The van der Waals surface area contributed by atoms with Crippen molar-refractivity contribution in [3.05, 3.63) is 123 Å². The number of likely N-dealkylation sites (tertiary alicyclic amines) is 1. The quantitative estimate of drug-likeness (QED) is 0.0366. The number of aromatic amines is 1. The highest BCUT2D eigenvalue weighted by Gasteiger charge is 2.32. The van der Waals surface area contributed by atoms with Crippen LogP contribution in [0.15, 0.2) is 83.9 Å². The fourth-order valence-corrected chi connectivity index (χ4v) is 11.1. The van der Waals surface area contributed by atoms with Gasteiger partial charge < -0.3 is 45.5 Å².